The summed E-state index contributed by atoms with van der Waals surface area (Å²) in [7, 11) is 0. The Hall–Kier alpha value is -0.980. The molecule has 6 nitrogen and oxygen atoms in total. The molecule has 4 rings (SSSR count). The fraction of sp³-hybridized carbons (Fsp3) is 0.857. The van der Waals surface area contributed by atoms with E-state index in [1.807, 2.05) is 0 Å². The van der Waals surface area contributed by atoms with Crippen LogP contribution < -0.4 is 5.73 Å². The van der Waals surface area contributed by atoms with Crippen molar-refractivity contribution in [2.45, 2.75) is 39.3 Å². The Morgan fingerprint density at radius 3 is 2.55 bits per heavy atom. The molecule has 2 N–H and O–H groups in total. The van der Waals surface area contributed by atoms with Crippen molar-refractivity contribution in [3.05, 3.63) is 11.7 Å². The van der Waals surface area contributed by atoms with Gasteiger partial charge in [0, 0.05) is 45.2 Å². The minimum atomic E-state index is 0.0302. The quantitative estimate of drug-likeness (QED) is 0.876. The van der Waals surface area contributed by atoms with Crippen LogP contribution in [0.5, 0.6) is 0 Å². The highest BCUT2D eigenvalue weighted by atomic mass is 16.5. The van der Waals surface area contributed by atoms with Gasteiger partial charge in [-0.1, -0.05) is 25.9 Å². The van der Waals surface area contributed by atoms with Crippen LogP contribution >= 0.6 is 0 Å². The highest BCUT2D eigenvalue weighted by molar-refractivity contribution is 5.02. The van der Waals surface area contributed by atoms with Crippen molar-refractivity contribution in [3.63, 3.8) is 0 Å². The summed E-state index contributed by atoms with van der Waals surface area (Å²) in [6.07, 6.45) is 0.646. The van der Waals surface area contributed by atoms with Crippen LogP contribution in [0.1, 0.15) is 38.5 Å². The third-order valence-electron chi connectivity index (χ3n) is 4.57. The average Bonchev–Trinajstić information content (AvgIpc) is 2.87. The second-order valence-electron chi connectivity index (χ2n) is 7.08. The van der Waals surface area contributed by atoms with Gasteiger partial charge < -0.3 is 10.3 Å². The van der Waals surface area contributed by atoms with Crippen LogP contribution in [-0.2, 0) is 6.42 Å². The zero-order valence-corrected chi connectivity index (χ0v) is 12.7. The number of rotatable bonds is 3. The van der Waals surface area contributed by atoms with Gasteiger partial charge in [-0.15, -0.1) is 0 Å². The molecule has 20 heavy (non-hydrogen) atoms. The first kappa shape index (κ1) is 14.0. The largest absolute Gasteiger partial charge is 0.339 e. The molecule has 4 heterocycles. The Bertz CT molecular complexity index is 458. The molecule has 0 aliphatic carbocycles. The molecule has 2 bridgehead atoms. The average molecular weight is 279 g/mol. The van der Waals surface area contributed by atoms with E-state index in [-0.39, 0.29) is 11.5 Å². The van der Waals surface area contributed by atoms with Crippen molar-refractivity contribution in [2.75, 3.05) is 32.7 Å². The van der Waals surface area contributed by atoms with Crippen LogP contribution in [0.25, 0.3) is 0 Å². The summed E-state index contributed by atoms with van der Waals surface area (Å²) >= 11 is 0. The Kier molecular flexibility index (Phi) is 3.56. The minimum Gasteiger partial charge on any atom is -0.339 e. The fourth-order valence-corrected chi connectivity index (χ4v) is 2.84. The maximum atomic E-state index is 6.18. The van der Waals surface area contributed by atoms with Crippen LogP contribution in [-0.4, -0.2) is 58.7 Å². The number of aromatic nitrogens is 2. The zero-order chi connectivity index (χ0) is 14.3. The van der Waals surface area contributed by atoms with E-state index >= 15 is 0 Å². The molecule has 2 unspecified atom stereocenters. The first-order chi connectivity index (χ1) is 9.43. The van der Waals surface area contributed by atoms with Crippen molar-refractivity contribution >= 4 is 0 Å². The highest BCUT2D eigenvalue weighted by Gasteiger charge is 2.35. The van der Waals surface area contributed by atoms with Gasteiger partial charge >= 0.3 is 0 Å². The van der Waals surface area contributed by atoms with Crippen molar-refractivity contribution < 1.29 is 4.52 Å². The Morgan fingerprint density at radius 2 is 2.00 bits per heavy atom. The zero-order valence-electron chi connectivity index (χ0n) is 12.7. The highest BCUT2D eigenvalue weighted by Crippen LogP contribution is 2.27. The Balaban J connectivity index is 1.68. The van der Waals surface area contributed by atoms with Gasteiger partial charge in [0.2, 0.25) is 5.89 Å². The third-order valence-corrected chi connectivity index (χ3v) is 4.57. The number of piperazine rings is 3. The molecule has 0 amide bonds. The lowest BCUT2D eigenvalue weighted by Crippen LogP contribution is -2.57. The lowest BCUT2D eigenvalue weighted by Gasteiger charge is -2.46. The van der Waals surface area contributed by atoms with E-state index in [1.54, 1.807) is 0 Å². The van der Waals surface area contributed by atoms with E-state index in [9.17, 15) is 0 Å². The van der Waals surface area contributed by atoms with E-state index in [1.165, 1.54) is 0 Å². The summed E-state index contributed by atoms with van der Waals surface area (Å²) in [5, 5.41) is 4.18. The molecule has 3 aliphatic heterocycles. The monoisotopic (exact) mass is 279 g/mol. The Morgan fingerprint density at radius 1 is 1.30 bits per heavy atom. The standard InChI is InChI=1S/C14H25N5O/c1-14(2,3)11(15)8-12-16-13(17-20-12)10-9-18-4-6-19(10)7-5-18/h10-11H,4-9,15H2,1-3H3. The van der Waals surface area contributed by atoms with Crippen molar-refractivity contribution in [3.8, 4) is 0 Å². The molecule has 112 valence electrons. The lowest BCUT2D eigenvalue weighted by atomic mass is 9.85. The number of hydrogen-bond donors (Lipinski definition) is 1. The van der Waals surface area contributed by atoms with Crippen molar-refractivity contribution in [1.82, 2.24) is 19.9 Å². The molecule has 0 spiro atoms. The summed E-state index contributed by atoms with van der Waals surface area (Å²) in [4.78, 5) is 9.51. The smallest absolute Gasteiger partial charge is 0.228 e. The number of fused-ring (bicyclic) bond motifs is 3. The van der Waals surface area contributed by atoms with Gasteiger partial charge in [-0.2, -0.15) is 4.98 Å². The van der Waals surface area contributed by atoms with E-state index in [0.29, 0.717) is 18.4 Å². The van der Waals surface area contributed by atoms with Gasteiger partial charge in [-0.25, -0.2) is 0 Å². The molecular weight excluding hydrogens is 254 g/mol. The minimum absolute atomic E-state index is 0.0302. The second-order valence-corrected chi connectivity index (χ2v) is 7.08. The second kappa shape index (κ2) is 5.09. The predicted octanol–water partition coefficient (Wildman–Crippen LogP) is 0.658. The van der Waals surface area contributed by atoms with Gasteiger partial charge in [-0.05, 0) is 5.41 Å². The third kappa shape index (κ3) is 2.73. The molecule has 3 saturated heterocycles. The normalized spacial score (nSPS) is 31.5. The number of hydrogen-bond acceptors (Lipinski definition) is 6. The fourth-order valence-electron chi connectivity index (χ4n) is 2.84. The van der Waals surface area contributed by atoms with Crippen LogP contribution in [0, 0.1) is 5.41 Å². The van der Waals surface area contributed by atoms with Crippen molar-refractivity contribution in [2.24, 2.45) is 11.1 Å². The molecule has 3 aliphatic rings. The molecule has 3 fully saturated rings. The van der Waals surface area contributed by atoms with E-state index in [0.717, 1.165) is 38.5 Å². The van der Waals surface area contributed by atoms with Crippen LogP contribution in [0.3, 0.4) is 0 Å². The summed E-state index contributed by atoms with van der Waals surface area (Å²) in [5.74, 6) is 1.49. The molecular formula is C14H25N5O. The molecule has 0 radical (unpaired) electrons. The lowest BCUT2D eigenvalue weighted by molar-refractivity contribution is 0.00781. The molecule has 1 aromatic heterocycles. The summed E-state index contributed by atoms with van der Waals surface area (Å²) in [6, 6.07) is 0.323. The molecule has 6 heteroatoms. The number of nitrogens with two attached hydrogens (primary N) is 1. The molecule has 0 aromatic carbocycles. The summed E-state index contributed by atoms with van der Waals surface area (Å²) < 4.78 is 5.41. The van der Waals surface area contributed by atoms with E-state index in [2.05, 4.69) is 40.7 Å². The van der Waals surface area contributed by atoms with Gasteiger partial charge in [0.05, 0.1) is 6.04 Å². The SMILES string of the molecule is CC(C)(C)C(N)Cc1nc(C2CN3CCN2CC3)no1. The van der Waals surface area contributed by atoms with E-state index < -0.39 is 0 Å². The maximum Gasteiger partial charge on any atom is 0.228 e. The van der Waals surface area contributed by atoms with Gasteiger partial charge in [0.15, 0.2) is 5.82 Å². The van der Waals surface area contributed by atoms with E-state index in [4.69, 9.17) is 10.3 Å². The summed E-state index contributed by atoms with van der Waals surface area (Å²) in [6.45, 7) is 12.0. The van der Waals surface area contributed by atoms with Crippen molar-refractivity contribution in [1.29, 1.82) is 0 Å². The van der Waals surface area contributed by atoms with Gasteiger partial charge in [0.25, 0.3) is 0 Å². The molecule has 1 aromatic rings. The predicted molar refractivity (Wildman–Crippen MR) is 76.2 cm³/mol. The van der Waals surface area contributed by atoms with Crippen LogP contribution in [0.4, 0.5) is 0 Å². The van der Waals surface area contributed by atoms with Crippen LogP contribution in [0.15, 0.2) is 4.52 Å². The molecule has 2 atom stereocenters. The van der Waals surface area contributed by atoms with Gasteiger partial charge in [-0.3, -0.25) is 9.80 Å². The topological polar surface area (TPSA) is 71.4 Å². The molecule has 0 saturated carbocycles. The summed E-state index contributed by atoms with van der Waals surface area (Å²) in [5.41, 5.74) is 6.23. The van der Waals surface area contributed by atoms with Crippen LogP contribution in [0.2, 0.25) is 0 Å². The first-order valence-corrected chi connectivity index (χ1v) is 7.48. The first-order valence-electron chi connectivity index (χ1n) is 7.48. The Labute approximate surface area is 120 Å². The number of nitrogens with zero attached hydrogens (tertiary/aromatic N) is 4. The van der Waals surface area contributed by atoms with Gasteiger partial charge in [0.1, 0.15) is 0 Å². The maximum absolute atomic E-state index is 6.18.